The van der Waals surface area contributed by atoms with Crippen LogP contribution in [0.5, 0.6) is 0 Å². The number of carbonyl (C=O) groups is 3. The van der Waals surface area contributed by atoms with E-state index >= 15 is 0 Å². The Bertz CT molecular complexity index is 924. The largest absolute Gasteiger partial charge is 0.368 e. The number of hydrogen-bond donors (Lipinski definition) is 2. The molecule has 1 aliphatic heterocycles. The van der Waals surface area contributed by atoms with Crippen LogP contribution in [0.4, 0.5) is 5.69 Å². The number of nitrogens with one attached hydrogen (secondary N) is 1. The number of nitrogens with zero attached hydrogens (tertiary/aromatic N) is 1. The van der Waals surface area contributed by atoms with E-state index in [1.54, 1.807) is 25.8 Å². The summed E-state index contributed by atoms with van der Waals surface area (Å²) in [5.74, 6) is -1.16. The summed E-state index contributed by atoms with van der Waals surface area (Å²) in [6, 6.07) is 17.1. The maximum Gasteiger partial charge on any atom is 0.242 e. The average Bonchev–Trinajstić information content (AvgIpc) is 2.84. The first-order valence-electron chi connectivity index (χ1n) is 9.20. The third-order valence-corrected chi connectivity index (χ3v) is 5.37. The number of amides is 3. The van der Waals surface area contributed by atoms with Crippen molar-refractivity contribution in [3.8, 4) is 0 Å². The molecule has 6 heteroatoms. The molecular weight excluding hydrogens is 354 g/mol. The van der Waals surface area contributed by atoms with E-state index in [1.807, 2.05) is 54.6 Å². The Balaban J connectivity index is 2.03. The number of nitrogens with two attached hydrogens (primary N) is 1. The Labute approximate surface area is 164 Å². The number of benzene rings is 2. The van der Waals surface area contributed by atoms with Gasteiger partial charge in [-0.1, -0.05) is 48.5 Å². The van der Waals surface area contributed by atoms with Gasteiger partial charge >= 0.3 is 0 Å². The molecule has 0 spiro atoms. The van der Waals surface area contributed by atoms with Gasteiger partial charge in [-0.15, -0.1) is 0 Å². The van der Waals surface area contributed by atoms with Crippen molar-refractivity contribution < 1.29 is 14.4 Å². The van der Waals surface area contributed by atoms with Crippen molar-refractivity contribution in [2.75, 3.05) is 11.9 Å². The number of para-hydroxylation sites is 1. The fraction of sp³-hybridized carbons (Fsp3) is 0.318. The molecule has 0 fully saturated rings. The predicted octanol–water partition coefficient (Wildman–Crippen LogP) is 1.91. The Morgan fingerprint density at radius 2 is 1.68 bits per heavy atom. The van der Waals surface area contributed by atoms with Crippen molar-refractivity contribution in [1.82, 2.24) is 5.32 Å². The smallest absolute Gasteiger partial charge is 0.242 e. The first-order valence-corrected chi connectivity index (χ1v) is 9.20. The molecule has 0 bridgehead atoms. The van der Waals surface area contributed by atoms with E-state index in [1.165, 1.54) is 0 Å². The molecule has 0 saturated carbocycles. The highest BCUT2D eigenvalue weighted by Gasteiger charge is 2.51. The van der Waals surface area contributed by atoms with E-state index in [2.05, 4.69) is 5.32 Å². The van der Waals surface area contributed by atoms with Gasteiger partial charge < -0.3 is 16.0 Å². The van der Waals surface area contributed by atoms with Gasteiger partial charge in [-0.2, -0.15) is 0 Å². The monoisotopic (exact) mass is 379 g/mol. The first-order chi connectivity index (χ1) is 13.2. The SMILES string of the molecule is CN1C(=O)C(CC(=O)NC(C)(C)C(N)=O)(Cc2ccccc2)c2ccccc21. The molecule has 0 radical (unpaired) electrons. The number of likely N-dealkylation sites (N-methyl/N-ethyl adjacent to an activating group) is 1. The van der Waals surface area contributed by atoms with E-state index in [9.17, 15) is 14.4 Å². The lowest BCUT2D eigenvalue weighted by Crippen LogP contribution is -2.55. The van der Waals surface area contributed by atoms with Gasteiger partial charge in [0.15, 0.2) is 0 Å². The molecule has 3 N–H and O–H groups in total. The van der Waals surface area contributed by atoms with Crippen LogP contribution in [0.3, 0.4) is 0 Å². The van der Waals surface area contributed by atoms with Crippen molar-refractivity contribution in [3.05, 3.63) is 65.7 Å². The molecule has 0 aromatic heterocycles. The summed E-state index contributed by atoms with van der Waals surface area (Å²) in [7, 11) is 1.72. The summed E-state index contributed by atoms with van der Waals surface area (Å²) >= 11 is 0. The summed E-state index contributed by atoms with van der Waals surface area (Å²) < 4.78 is 0. The van der Waals surface area contributed by atoms with Crippen LogP contribution in [0.1, 0.15) is 31.4 Å². The van der Waals surface area contributed by atoms with Crippen LogP contribution in [0.25, 0.3) is 0 Å². The van der Waals surface area contributed by atoms with Gasteiger partial charge in [0, 0.05) is 19.2 Å². The second kappa shape index (κ2) is 7.11. The molecule has 1 aliphatic rings. The van der Waals surface area contributed by atoms with Gasteiger partial charge in [-0.05, 0) is 37.5 Å². The molecule has 1 unspecified atom stereocenters. The van der Waals surface area contributed by atoms with Gasteiger partial charge in [0.25, 0.3) is 0 Å². The molecule has 2 aromatic carbocycles. The first kappa shape index (κ1) is 19.6. The van der Waals surface area contributed by atoms with E-state index in [-0.39, 0.29) is 12.3 Å². The lowest BCUT2D eigenvalue weighted by atomic mass is 9.73. The standard InChI is InChI=1S/C22H25N3O3/c1-21(2,19(23)27)24-18(26)14-22(13-15-9-5-4-6-10-15)16-11-7-8-12-17(16)25(3)20(22)28/h4-12H,13-14H2,1-3H3,(H2,23,27)(H,24,26). The Kier molecular flexibility index (Phi) is 4.98. The summed E-state index contributed by atoms with van der Waals surface area (Å²) in [5.41, 5.74) is 5.72. The molecule has 1 heterocycles. The van der Waals surface area contributed by atoms with Crippen LogP contribution in [-0.2, 0) is 26.2 Å². The highest BCUT2D eigenvalue weighted by molar-refractivity contribution is 6.10. The number of anilines is 1. The van der Waals surface area contributed by atoms with Crippen molar-refractivity contribution in [2.45, 2.75) is 37.6 Å². The lowest BCUT2D eigenvalue weighted by molar-refractivity contribution is -0.133. The van der Waals surface area contributed by atoms with Crippen molar-refractivity contribution >= 4 is 23.4 Å². The van der Waals surface area contributed by atoms with E-state index in [0.29, 0.717) is 6.42 Å². The number of hydrogen-bond acceptors (Lipinski definition) is 3. The number of rotatable bonds is 6. The van der Waals surface area contributed by atoms with Crippen molar-refractivity contribution in [3.63, 3.8) is 0 Å². The third kappa shape index (κ3) is 3.38. The van der Waals surface area contributed by atoms with Gasteiger partial charge in [0.1, 0.15) is 5.54 Å². The quantitative estimate of drug-likeness (QED) is 0.803. The second-order valence-corrected chi connectivity index (χ2v) is 7.84. The molecule has 1 atom stereocenters. The van der Waals surface area contributed by atoms with Crippen LogP contribution in [-0.4, -0.2) is 30.3 Å². The minimum absolute atomic E-state index is 0.0706. The number of carbonyl (C=O) groups excluding carboxylic acids is 3. The van der Waals surface area contributed by atoms with Crippen LogP contribution < -0.4 is 16.0 Å². The highest BCUT2D eigenvalue weighted by atomic mass is 16.2. The molecule has 0 aliphatic carbocycles. The summed E-state index contributed by atoms with van der Waals surface area (Å²) in [4.78, 5) is 39.5. The maximum atomic E-state index is 13.4. The van der Waals surface area contributed by atoms with Crippen LogP contribution in [0, 0.1) is 0 Å². The zero-order chi connectivity index (χ0) is 20.5. The van der Waals surface area contributed by atoms with Crippen molar-refractivity contribution in [2.24, 2.45) is 5.73 Å². The van der Waals surface area contributed by atoms with E-state index in [0.717, 1.165) is 16.8 Å². The fourth-order valence-corrected chi connectivity index (χ4v) is 3.79. The minimum atomic E-state index is -1.20. The number of primary amides is 1. The maximum absolute atomic E-state index is 13.4. The molecular formula is C22H25N3O3. The molecule has 146 valence electrons. The van der Waals surface area contributed by atoms with E-state index < -0.39 is 22.8 Å². The minimum Gasteiger partial charge on any atom is -0.368 e. The molecule has 3 rings (SSSR count). The topological polar surface area (TPSA) is 92.5 Å². The predicted molar refractivity (Wildman–Crippen MR) is 108 cm³/mol. The highest BCUT2D eigenvalue weighted by Crippen LogP contribution is 2.45. The molecule has 28 heavy (non-hydrogen) atoms. The average molecular weight is 379 g/mol. The molecule has 2 aromatic rings. The van der Waals surface area contributed by atoms with E-state index in [4.69, 9.17) is 5.73 Å². The Morgan fingerprint density at radius 3 is 2.32 bits per heavy atom. The molecule has 0 saturated heterocycles. The lowest BCUT2D eigenvalue weighted by Gasteiger charge is -2.30. The molecule has 3 amide bonds. The van der Waals surface area contributed by atoms with Gasteiger partial charge in [0.05, 0.1) is 5.41 Å². The van der Waals surface area contributed by atoms with Crippen LogP contribution in [0.2, 0.25) is 0 Å². The Hall–Kier alpha value is -3.15. The molecule has 6 nitrogen and oxygen atoms in total. The van der Waals surface area contributed by atoms with Crippen LogP contribution in [0.15, 0.2) is 54.6 Å². The zero-order valence-electron chi connectivity index (χ0n) is 16.4. The summed E-state index contributed by atoms with van der Waals surface area (Å²) in [5, 5.41) is 2.68. The zero-order valence-corrected chi connectivity index (χ0v) is 16.4. The summed E-state index contributed by atoms with van der Waals surface area (Å²) in [6.45, 7) is 3.10. The number of fused-ring (bicyclic) bond motifs is 1. The fourth-order valence-electron chi connectivity index (χ4n) is 3.79. The van der Waals surface area contributed by atoms with Gasteiger partial charge in [-0.25, -0.2) is 0 Å². The van der Waals surface area contributed by atoms with Gasteiger partial charge in [0.2, 0.25) is 17.7 Å². The van der Waals surface area contributed by atoms with Gasteiger partial charge in [-0.3, -0.25) is 14.4 Å². The summed E-state index contributed by atoms with van der Waals surface area (Å²) in [6.07, 6.45) is 0.317. The second-order valence-electron chi connectivity index (χ2n) is 7.84. The normalized spacial score (nSPS) is 18.7. The van der Waals surface area contributed by atoms with Crippen molar-refractivity contribution in [1.29, 1.82) is 0 Å². The third-order valence-electron chi connectivity index (χ3n) is 5.37. The van der Waals surface area contributed by atoms with Crippen LogP contribution >= 0.6 is 0 Å². The Morgan fingerprint density at radius 1 is 1.07 bits per heavy atom.